The summed E-state index contributed by atoms with van der Waals surface area (Å²) in [5.41, 5.74) is 0.520. The van der Waals surface area contributed by atoms with Crippen molar-refractivity contribution < 1.29 is 41.9 Å². The largest absolute Gasteiger partial charge is 0.459 e. The average Bonchev–Trinajstić information content (AvgIpc) is 3.48. The minimum Gasteiger partial charge on any atom is -0.459 e. The van der Waals surface area contributed by atoms with Gasteiger partial charge in [0.15, 0.2) is 0 Å². The molecule has 10 nitrogen and oxygen atoms in total. The summed E-state index contributed by atoms with van der Waals surface area (Å²) in [5, 5.41) is 14.9. The van der Waals surface area contributed by atoms with Gasteiger partial charge in [-0.05, 0) is 252 Å². The van der Waals surface area contributed by atoms with E-state index < -0.39 is 27.4 Å². The quantitative estimate of drug-likeness (QED) is 0.0863. The molecule has 0 aliphatic heterocycles. The fourth-order valence-corrected chi connectivity index (χ4v) is 16.2. The van der Waals surface area contributed by atoms with Gasteiger partial charge < -0.3 is 19.9 Å². The maximum Gasteiger partial charge on any atom is 0.339 e. The highest BCUT2D eigenvalue weighted by Crippen LogP contribution is 2.69. The Morgan fingerprint density at radius 2 is 1.46 bits per heavy atom. The zero-order valence-corrected chi connectivity index (χ0v) is 45.5. The number of hydrogen-bond acceptors (Lipinski definition) is 8. The van der Waals surface area contributed by atoms with Crippen LogP contribution in [0.1, 0.15) is 99.3 Å². The Labute approximate surface area is 417 Å². The van der Waals surface area contributed by atoms with Crippen molar-refractivity contribution in [2.75, 3.05) is 12.3 Å². The van der Waals surface area contributed by atoms with Gasteiger partial charge >= 0.3 is 11.9 Å². The molecule has 1 amide bonds. The van der Waals surface area contributed by atoms with Crippen LogP contribution < -0.4 is 5.32 Å². The monoisotopic (exact) mass is 1480 g/mol. The molecule has 0 spiro atoms. The zero-order chi connectivity index (χ0) is 41.8. The molecular formula is C40H47I6NO9S. The van der Waals surface area contributed by atoms with Gasteiger partial charge in [-0.25, -0.2) is 9.59 Å². The van der Waals surface area contributed by atoms with Crippen molar-refractivity contribution in [3.63, 3.8) is 0 Å². The van der Waals surface area contributed by atoms with Crippen molar-refractivity contribution in [1.29, 1.82) is 0 Å². The van der Waals surface area contributed by atoms with E-state index in [1.165, 1.54) is 0 Å². The highest BCUT2D eigenvalue weighted by atomic mass is 127. The predicted molar refractivity (Wildman–Crippen MR) is 267 cm³/mol. The van der Waals surface area contributed by atoms with Crippen LogP contribution in [0.4, 0.5) is 0 Å². The molecule has 0 heterocycles. The zero-order valence-electron chi connectivity index (χ0n) is 31.7. The molecule has 4 aliphatic carbocycles. The number of halogens is 6. The van der Waals surface area contributed by atoms with Gasteiger partial charge in [0.05, 0.1) is 23.0 Å². The lowest BCUT2D eigenvalue weighted by Crippen LogP contribution is -2.63. The van der Waals surface area contributed by atoms with Crippen LogP contribution in [0.15, 0.2) is 24.3 Å². The summed E-state index contributed by atoms with van der Waals surface area (Å²) in [6, 6.07) is 7.85. The Morgan fingerprint density at radius 1 is 0.860 bits per heavy atom. The van der Waals surface area contributed by atoms with Gasteiger partial charge in [-0.3, -0.25) is 9.35 Å². The number of fused-ring (bicyclic) bond motifs is 5. The summed E-state index contributed by atoms with van der Waals surface area (Å²) < 4.78 is 49.9. The van der Waals surface area contributed by atoms with Gasteiger partial charge in [-0.15, -0.1) is 0 Å². The Hall–Kier alpha value is 1.10. The molecule has 4 saturated carbocycles. The number of aliphatic hydroxyl groups is 1. The third-order valence-corrected chi connectivity index (χ3v) is 22.0. The molecule has 0 saturated heterocycles. The lowest BCUT2D eigenvalue weighted by atomic mass is 9.43. The van der Waals surface area contributed by atoms with Crippen LogP contribution in [0.25, 0.3) is 0 Å². The van der Waals surface area contributed by atoms with Gasteiger partial charge in [0.1, 0.15) is 12.2 Å². The predicted octanol–water partition coefficient (Wildman–Crippen LogP) is 9.73. The van der Waals surface area contributed by atoms with Crippen molar-refractivity contribution in [2.24, 2.45) is 46.3 Å². The smallest absolute Gasteiger partial charge is 0.339 e. The first kappa shape index (κ1) is 47.6. The van der Waals surface area contributed by atoms with Crippen molar-refractivity contribution in [3.05, 3.63) is 56.8 Å². The van der Waals surface area contributed by atoms with Gasteiger partial charge in [-0.2, -0.15) is 8.42 Å². The number of carbonyl (C=O) groups is 3. The van der Waals surface area contributed by atoms with Crippen LogP contribution in [0.5, 0.6) is 0 Å². The fourth-order valence-electron chi connectivity index (χ4n) is 11.1. The Bertz CT molecular complexity index is 2020. The van der Waals surface area contributed by atoms with Crippen molar-refractivity contribution in [3.8, 4) is 0 Å². The molecule has 2 aromatic rings. The van der Waals surface area contributed by atoms with E-state index in [1.807, 2.05) is 24.3 Å². The second-order valence-electron chi connectivity index (χ2n) is 16.9. The minimum atomic E-state index is -4.17. The fraction of sp³-hybridized carbons (Fsp3) is 0.625. The number of carbonyl (C=O) groups excluding carboxylic acids is 3. The third-order valence-electron chi connectivity index (χ3n) is 13.9. The summed E-state index contributed by atoms with van der Waals surface area (Å²) in [6.07, 6.45) is 4.78. The molecule has 2 aromatic carbocycles. The molecule has 4 aliphatic rings. The number of esters is 2. The Balaban J connectivity index is 1.26. The standard InChI is InChI=1S/C40H47I6NO9S/c1-19(4-7-33(49)47-10-11-57(52,53)54)26-5-6-27-34-28(18-32(48)40(26,27)3)39(2)9-8-23(55-37(50)24-14-21(41)16-29(43)35(24)45)12-20(39)13-31(34)56-38(51)25-15-22(42)17-30(44)36(25)46/h14-17,19-20,23,26-28,31-32,34,48H,4-13,18H2,1-3H3,(H,47,49)(H,52,53,54). The number of benzene rings is 2. The lowest BCUT2D eigenvalue weighted by Gasteiger charge is -2.64. The molecule has 17 heteroatoms. The molecule has 11 atom stereocenters. The Kier molecular flexibility index (Phi) is 15.9. The first-order valence-corrected chi connectivity index (χ1v) is 27.3. The number of nitrogens with one attached hydrogen (secondary N) is 1. The molecule has 11 unspecified atom stereocenters. The molecule has 314 valence electrons. The minimum absolute atomic E-state index is 0.0261. The molecule has 0 bridgehead atoms. The highest BCUT2D eigenvalue weighted by molar-refractivity contribution is 14.1. The van der Waals surface area contributed by atoms with Crippen LogP contribution in [-0.4, -0.2) is 66.5 Å². The highest BCUT2D eigenvalue weighted by Gasteiger charge is 2.66. The van der Waals surface area contributed by atoms with E-state index in [9.17, 15) is 27.9 Å². The van der Waals surface area contributed by atoms with E-state index in [4.69, 9.17) is 14.0 Å². The number of hydrogen-bond donors (Lipinski definition) is 3. The maximum atomic E-state index is 14.3. The average molecular weight is 1480 g/mol. The second kappa shape index (κ2) is 19.1. The lowest BCUT2D eigenvalue weighted by molar-refractivity contribution is -0.207. The van der Waals surface area contributed by atoms with Crippen LogP contribution >= 0.6 is 136 Å². The maximum absolute atomic E-state index is 14.3. The van der Waals surface area contributed by atoms with Crippen molar-refractivity contribution in [1.82, 2.24) is 5.32 Å². The summed E-state index contributed by atoms with van der Waals surface area (Å²) in [5.74, 6) is -0.887. The summed E-state index contributed by atoms with van der Waals surface area (Å²) >= 11 is 13.4. The summed E-state index contributed by atoms with van der Waals surface area (Å²) in [4.78, 5) is 40.5. The van der Waals surface area contributed by atoms with E-state index >= 15 is 0 Å². The second-order valence-corrected chi connectivity index (χ2v) is 25.5. The van der Waals surface area contributed by atoms with Crippen LogP contribution in [-0.2, 0) is 24.4 Å². The normalized spacial score (nSPS) is 32.7. The summed E-state index contributed by atoms with van der Waals surface area (Å²) in [7, 11) is -4.17. The molecule has 57 heavy (non-hydrogen) atoms. The first-order chi connectivity index (χ1) is 26.6. The topological polar surface area (TPSA) is 156 Å². The summed E-state index contributed by atoms with van der Waals surface area (Å²) in [6.45, 7) is 6.55. The van der Waals surface area contributed by atoms with Crippen molar-refractivity contribution >= 4 is 164 Å². The number of aliphatic hydroxyl groups excluding tert-OH is 1. The molecule has 0 radical (unpaired) electrons. The van der Waals surface area contributed by atoms with Crippen molar-refractivity contribution in [2.45, 2.75) is 96.9 Å². The number of rotatable bonds is 11. The van der Waals surface area contributed by atoms with Crippen LogP contribution in [0, 0.1) is 67.8 Å². The molecule has 3 N–H and O–H groups in total. The van der Waals surface area contributed by atoms with E-state index in [0.29, 0.717) is 36.8 Å². The van der Waals surface area contributed by atoms with Gasteiger partial charge in [-0.1, -0.05) is 20.8 Å². The van der Waals surface area contributed by atoms with E-state index in [1.54, 1.807) is 0 Å². The molecule has 6 rings (SSSR count). The SMILES string of the molecule is CC(CCC(=O)NCCS(=O)(=O)O)C1CCC2C3C(OC(=O)c4cc(I)cc(I)c4I)CC4CC(OC(=O)c5cc(I)cc(I)c5I)CCC4(C)C3CC(O)C12C. The first-order valence-electron chi connectivity index (χ1n) is 19.2. The van der Waals surface area contributed by atoms with E-state index in [-0.39, 0.29) is 83.9 Å². The van der Waals surface area contributed by atoms with E-state index in [0.717, 1.165) is 47.1 Å². The van der Waals surface area contributed by atoms with Gasteiger partial charge in [0, 0.05) is 40.3 Å². The van der Waals surface area contributed by atoms with Gasteiger partial charge in [0.25, 0.3) is 10.1 Å². The Morgan fingerprint density at radius 3 is 2.05 bits per heavy atom. The van der Waals surface area contributed by atoms with Crippen LogP contribution in [0.2, 0.25) is 0 Å². The number of amides is 1. The molecular weight excluding hydrogens is 1430 g/mol. The van der Waals surface area contributed by atoms with Gasteiger partial charge in [0.2, 0.25) is 5.91 Å². The third kappa shape index (κ3) is 10.2. The molecule has 4 fully saturated rings. The number of ether oxygens (including phenoxy) is 2. The van der Waals surface area contributed by atoms with Crippen LogP contribution in [0.3, 0.4) is 0 Å². The van der Waals surface area contributed by atoms with E-state index in [2.05, 4.69) is 162 Å². The molecule has 0 aromatic heterocycles.